The van der Waals surface area contributed by atoms with E-state index in [-0.39, 0.29) is 28.9 Å². The maximum Gasteiger partial charge on any atom is 0.419 e. The van der Waals surface area contributed by atoms with E-state index in [4.69, 9.17) is 0 Å². The van der Waals surface area contributed by atoms with E-state index in [9.17, 15) is 18.0 Å². The Labute approximate surface area is 179 Å². The summed E-state index contributed by atoms with van der Waals surface area (Å²) in [6.45, 7) is 1.60. The Morgan fingerprint density at radius 3 is 2.87 bits per heavy atom. The largest absolute Gasteiger partial charge is 0.419 e. The fourth-order valence-electron chi connectivity index (χ4n) is 3.34. The molecule has 3 aromatic heterocycles. The molecular formula is C19H20F3N7OS. The van der Waals surface area contributed by atoms with Gasteiger partial charge in [-0.25, -0.2) is 15.0 Å². The molecule has 1 saturated heterocycles. The predicted molar refractivity (Wildman–Crippen MR) is 111 cm³/mol. The molecule has 8 nitrogen and oxygen atoms in total. The molecule has 1 unspecified atom stereocenters. The lowest BCUT2D eigenvalue weighted by Crippen LogP contribution is -2.38. The van der Waals surface area contributed by atoms with Crippen LogP contribution in [-0.4, -0.2) is 52.0 Å². The van der Waals surface area contributed by atoms with Gasteiger partial charge < -0.3 is 15.6 Å². The van der Waals surface area contributed by atoms with Crippen molar-refractivity contribution in [1.29, 1.82) is 0 Å². The lowest BCUT2D eigenvalue weighted by Gasteiger charge is -2.24. The fraction of sp³-hybridized carbons (Fsp3) is 0.368. The van der Waals surface area contributed by atoms with Crippen molar-refractivity contribution >= 4 is 28.3 Å². The van der Waals surface area contributed by atoms with Crippen LogP contribution in [0.3, 0.4) is 0 Å². The summed E-state index contributed by atoms with van der Waals surface area (Å²) in [5, 5.41) is 8.52. The summed E-state index contributed by atoms with van der Waals surface area (Å²) >= 11 is 1.28. The lowest BCUT2D eigenvalue weighted by atomic mass is 10.1. The average Bonchev–Trinajstić information content (AvgIpc) is 3.45. The van der Waals surface area contributed by atoms with Crippen molar-refractivity contribution in [2.45, 2.75) is 25.1 Å². The van der Waals surface area contributed by atoms with E-state index >= 15 is 0 Å². The number of nitrogens with zero attached hydrogens (tertiary/aromatic N) is 4. The SMILES string of the molecule is CN(C(=O)c1cc(-c2nc(NC3CCCNC3)ncc2C(F)(F)F)c[nH]1)c1nccs1. The van der Waals surface area contributed by atoms with Crippen LogP contribution >= 0.6 is 11.3 Å². The normalized spacial score (nSPS) is 16.8. The number of nitrogens with one attached hydrogen (secondary N) is 3. The summed E-state index contributed by atoms with van der Waals surface area (Å²) in [6, 6.07) is 1.39. The Balaban J connectivity index is 1.64. The zero-order chi connectivity index (χ0) is 22.0. The topological polar surface area (TPSA) is 98.8 Å². The highest BCUT2D eigenvalue weighted by atomic mass is 32.1. The number of hydrogen-bond donors (Lipinski definition) is 3. The third-order valence-electron chi connectivity index (χ3n) is 4.92. The van der Waals surface area contributed by atoms with Crippen LogP contribution in [0.5, 0.6) is 0 Å². The zero-order valence-electron chi connectivity index (χ0n) is 16.5. The van der Waals surface area contributed by atoms with E-state index < -0.39 is 17.6 Å². The van der Waals surface area contributed by atoms with Gasteiger partial charge in [-0.3, -0.25) is 9.69 Å². The molecule has 0 bridgehead atoms. The zero-order valence-corrected chi connectivity index (χ0v) is 17.3. The van der Waals surface area contributed by atoms with Gasteiger partial charge in [0.15, 0.2) is 5.13 Å². The van der Waals surface area contributed by atoms with E-state index in [2.05, 4.69) is 30.6 Å². The number of carbonyl (C=O) groups is 1. The molecule has 164 valence electrons. The van der Waals surface area contributed by atoms with Gasteiger partial charge in [-0.1, -0.05) is 0 Å². The number of aromatic nitrogens is 4. The first-order valence-corrected chi connectivity index (χ1v) is 10.5. The van der Waals surface area contributed by atoms with E-state index in [1.807, 2.05) is 0 Å². The second-order valence-corrected chi connectivity index (χ2v) is 8.00. The Kier molecular flexibility index (Phi) is 5.92. The highest BCUT2D eigenvalue weighted by molar-refractivity contribution is 7.13. The maximum atomic E-state index is 13.6. The van der Waals surface area contributed by atoms with Crippen LogP contribution < -0.4 is 15.5 Å². The highest BCUT2D eigenvalue weighted by Gasteiger charge is 2.36. The summed E-state index contributed by atoms with van der Waals surface area (Å²) in [5.41, 5.74) is -0.979. The predicted octanol–water partition coefficient (Wildman–Crippen LogP) is 3.39. The highest BCUT2D eigenvalue weighted by Crippen LogP contribution is 2.36. The van der Waals surface area contributed by atoms with E-state index in [0.29, 0.717) is 11.7 Å². The molecule has 4 heterocycles. The standard InChI is InChI=1S/C19H20F3N7OS/c1-29(18-24-5-6-31-18)16(30)14-7-11(8-25-14)15-13(19(20,21)22)10-26-17(28-15)27-12-3-2-4-23-9-12/h5-8,10,12,23,25H,2-4,9H2,1H3,(H,26,27,28). The van der Waals surface area contributed by atoms with E-state index in [1.165, 1.54) is 28.5 Å². The summed E-state index contributed by atoms with van der Waals surface area (Å²) in [5.74, 6) is -0.305. The molecule has 4 rings (SSSR count). The molecule has 31 heavy (non-hydrogen) atoms. The number of piperidine rings is 1. The first-order chi connectivity index (χ1) is 14.8. The van der Waals surface area contributed by atoms with Crippen LogP contribution in [0, 0.1) is 0 Å². The van der Waals surface area contributed by atoms with Crippen LogP contribution in [0.15, 0.2) is 30.0 Å². The number of aromatic amines is 1. The van der Waals surface area contributed by atoms with Crippen LogP contribution in [0.25, 0.3) is 11.3 Å². The quantitative estimate of drug-likeness (QED) is 0.550. The number of anilines is 2. The molecule has 12 heteroatoms. The second kappa shape index (κ2) is 8.63. The number of halogens is 3. The van der Waals surface area contributed by atoms with Crippen molar-refractivity contribution in [1.82, 2.24) is 25.3 Å². The molecule has 0 radical (unpaired) electrons. The number of alkyl halides is 3. The number of hydrogen-bond acceptors (Lipinski definition) is 7. The Morgan fingerprint density at radius 1 is 1.35 bits per heavy atom. The minimum Gasteiger partial charge on any atom is -0.357 e. The van der Waals surface area contributed by atoms with Gasteiger partial charge in [0, 0.05) is 49.2 Å². The Morgan fingerprint density at radius 2 is 2.19 bits per heavy atom. The van der Waals surface area contributed by atoms with Crippen LogP contribution in [0.4, 0.5) is 24.3 Å². The molecule has 3 aromatic rings. The molecule has 1 aliphatic rings. The molecule has 1 aliphatic heterocycles. The second-order valence-electron chi connectivity index (χ2n) is 7.12. The minimum absolute atomic E-state index is 0.0358. The molecule has 1 atom stereocenters. The first kappa shape index (κ1) is 21.2. The number of thiazole rings is 1. The van der Waals surface area contributed by atoms with Crippen LogP contribution in [-0.2, 0) is 6.18 Å². The number of amides is 1. The number of rotatable bonds is 5. The van der Waals surface area contributed by atoms with Gasteiger partial charge in [0.1, 0.15) is 11.3 Å². The Hall–Kier alpha value is -2.99. The van der Waals surface area contributed by atoms with Gasteiger partial charge >= 0.3 is 6.18 Å². The van der Waals surface area contributed by atoms with Crippen molar-refractivity contribution < 1.29 is 18.0 Å². The molecular weight excluding hydrogens is 431 g/mol. The smallest absolute Gasteiger partial charge is 0.357 e. The fourth-order valence-corrected chi connectivity index (χ4v) is 3.95. The monoisotopic (exact) mass is 451 g/mol. The molecule has 1 fully saturated rings. The minimum atomic E-state index is -4.64. The summed E-state index contributed by atoms with van der Waals surface area (Å²) in [4.78, 5) is 28.8. The van der Waals surface area contributed by atoms with Gasteiger partial charge in [0.25, 0.3) is 5.91 Å². The molecule has 0 aromatic carbocycles. The molecule has 1 amide bonds. The van der Waals surface area contributed by atoms with Crippen LogP contribution in [0.2, 0.25) is 0 Å². The maximum absolute atomic E-state index is 13.6. The summed E-state index contributed by atoms with van der Waals surface area (Å²) in [7, 11) is 1.55. The van der Waals surface area contributed by atoms with Crippen molar-refractivity contribution in [2.24, 2.45) is 0 Å². The first-order valence-electron chi connectivity index (χ1n) is 9.61. The van der Waals surface area contributed by atoms with Gasteiger partial charge in [0.05, 0.1) is 5.69 Å². The van der Waals surface area contributed by atoms with E-state index in [0.717, 1.165) is 25.6 Å². The Bertz CT molecular complexity index is 1050. The third kappa shape index (κ3) is 4.69. The van der Waals surface area contributed by atoms with Crippen molar-refractivity contribution in [3.05, 3.63) is 41.3 Å². The summed E-state index contributed by atoms with van der Waals surface area (Å²) in [6.07, 6.45) is 0.874. The van der Waals surface area contributed by atoms with Gasteiger partial charge in [-0.05, 0) is 25.5 Å². The number of H-pyrrole nitrogens is 1. The van der Waals surface area contributed by atoms with E-state index in [1.54, 1.807) is 18.6 Å². The van der Waals surface area contributed by atoms with Crippen molar-refractivity contribution in [3.63, 3.8) is 0 Å². The average molecular weight is 451 g/mol. The molecule has 0 aliphatic carbocycles. The third-order valence-corrected chi connectivity index (χ3v) is 5.77. The van der Waals surface area contributed by atoms with Crippen molar-refractivity contribution in [2.75, 3.05) is 30.4 Å². The molecule has 0 spiro atoms. The van der Waals surface area contributed by atoms with Gasteiger partial charge in [0.2, 0.25) is 5.95 Å². The van der Waals surface area contributed by atoms with Crippen molar-refractivity contribution in [3.8, 4) is 11.3 Å². The molecule has 3 N–H and O–H groups in total. The summed E-state index contributed by atoms with van der Waals surface area (Å²) < 4.78 is 40.8. The number of carbonyl (C=O) groups excluding carboxylic acids is 1. The lowest BCUT2D eigenvalue weighted by molar-refractivity contribution is -0.137. The van der Waals surface area contributed by atoms with Gasteiger partial charge in [-0.2, -0.15) is 13.2 Å². The van der Waals surface area contributed by atoms with Crippen LogP contribution in [0.1, 0.15) is 28.9 Å². The molecule has 0 saturated carbocycles. The van der Waals surface area contributed by atoms with Gasteiger partial charge in [-0.15, -0.1) is 11.3 Å².